The molecule has 6 heteroatoms. The molecular weight excluding hydrogens is 280 g/mol. The van der Waals surface area contributed by atoms with Crippen molar-refractivity contribution in [1.29, 1.82) is 0 Å². The molecular formula is C14H16O5S. The maximum Gasteiger partial charge on any atom is 0.338 e. The van der Waals surface area contributed by atoms with Gasteiger partial charge in [0.25, 0.3) is 0 Å². The number of benzene rings is 1. The molecule has 1 saturated heterocycles. The van der Waals surface area contributed by atoms with Crippen molar-refractivity contribution >= 4 is 23.7 Å². The summed E-state index contributed by atoms with van der Waals surface area (Å²) in [6.45, 7) is 2.15. The quantitative estimate of drug-likeness (QED) is 0.838. The lowest BCUT2D eigenvalue weighted by Crippen LogP contribution is -2.23. The van der Waals surface area contributed by atoms with Crippen LogP contribution in [0.2, 0.25) is 0 Å². The van der Waals surface area contributed by atoms with Crippen molar-refractivity contribution in [2.75, 3.05) is 13.2 Å². The highest BCUT2D eigenvalue weighted by atomic mass is 32.2. The summed E-state index contributed by atoms with van der Waals surface area (Å²) in [5, 5.41) is 8.84. The van der Waals surface area contributed by atoms with Gasteiger partial charge >= 0.3 is 11.9 Å². The Bertz CT molecular complexity index is 476. The number of carboxylic acids is 1. The molecule has 0 spiro atoms. The van der Waals surface area contributed by atoms with Crippen molar-refractivity contribution in [3.63, 3.8) is 0 Å². The Morgan fingerprint density at radius 3 is 2.80 bits per heavy atom. The fourth-order valence-corrected chi connectivity index (χ4v) is 2.99. The van der Waals surface area contributed by atoms with E-state index in [2.05, 4.69) is 0 Å². The molecule has 3 atom stereocenters. The summed E-state index contributed by atoms with van der Waals surface area (Å²) in [6, 6.07) is 8.72. The first-order chi connectivity index (χ1) is 9.58. The summed E-state index contributed by atoms with van der Waals surface area (Å²) >= 11 is 1.40. The molecule has 0 aliphatic carbocycles. The molecule has 1 heterocycles. The van der Waals surface area contributed by atoms with E-state index in [9.17, 15) is 9.59 Å². The Labute approximate surface area is 121 Å². The maximum absolute atomic E-state index is 11.7. The first-order valence-electron chi connectivity index (χ1n) is 6.30. The summed E-state index contributed by atoms with van der Waals surface area (Å²) in [5.74, 6) is -1.72. The smallest absolute Gasteiger partial charge is 0.338 e. The highest BCUT2D eigenvalue weighted by Crippen LogP contribution is 2.32. The van der Waals surface area contributed by atoms with Gasteiger partial charge in [0.05, 0.1) is 18.1 Å². The zero-order valence-electron chi connectivity index (χ0n) is 11.0. The third-order valence-electron chi connectivity index (χ3n) is 3.08. The van der Waals surface area contributed by atoms with Crippen molar-refractivity contribution in [1.82, 2.24) is 0 Å². The van der Waals surface area contributed by atoms with Gasteiger partial charge in [0, 0.05) is 5.25 Å². The second kappa shape index (κ2) is 6.76. The molecule has 1 aromatic carbocycles. The molecule has 0 bridgehead atoms. The van der Waals surface area contributed by atoms with Crippen LogP contribution in [0.15, 0.2) is 30.3 Å². The second-order valence-corrected chi connectivity index (χ2v) is 5.93. The number of ether oxygens (including phenoxy) is 2. The van der Waals surface area contributed by atoms with Crippen LogP contribution in [0.4, 0.5) is 0 Å². The molecule has 108 valence electrons. The molecule has 0 radical (unpaired) electrons. The van der Waals surface area contributed by atoms with Crippen LogP contribution in [0.1, 0.15) is 17.3 Å². The predicted molar refractivity (Wildman–Crippen MR) is 74.6 cm³/mol. The molecule has 1 aromatic rings. The lowest BCUT2D eigenvalue weighted by atomic mass is 10.1. The van der Waals surface area contributed by atoms with E-state index in [0.717, 1.165) is 0 Å². The van der Waals surface area contributed by atoms with E-state index in [1.54, 1.807) is 31.2 Å². The Morgan fingerprint density at radius 2 is 2.15 bits per heavy atom. The number of hydrogen-bond acceptors (Lipinski definition) is 5. The fraction of sp³-hybridized carbons (Fsp3) is 0.429. The fourth-order valence-electron chi connectivity index (χ4n) is 1.79. The molecule has 1 fully saturated rings. The van der Waals surface area contributed by atoms with E-state index in [1.165, 1.54) is 11.8 Å². The Morgan fingerprint density at radius 1 is 1.45 bits per heavy atom. The van der Waals surface area contributed by atoms with Crippen molar-refractivity contribution in [3.8, 4) is 0 Å². The van der Waals surface area contributed by atoms with Gasteiger partial charge in [-0.05, 0) is 12.1 Å². The molecule has 0 amide bonds. The summed E-state index contributed by atoms with van der Waals surface area (Å²) in [6.07, 6.45) is 0. The van der Waals surface area contributed by atoms with Gasteiger partial charge in [-0.15, -0.1) is 11.8 Å². The standard InChI is InChI=1S/C14H16O5S/c1-9(13(15)16)11-7-18-12(20-11)8-19-14(17)10-5-3-2-4-6-10/h2-6,9,11-12H,7-8H2,1H3,(H,15,16). The minimum Gasteiger partial charge on any atom is -0.481 e. The number of carbonyl (C=O) groups excluding carboxylic acids is 1. The van der Waals surface area contributed by atoms with Crippen LogP contribution in [-0.4, -0.2) is 40.9 Å². The number of rotatable bonds is 5. The first-order valence-corrected chi connectivity index (χ1v) is 7.24. The van der Waals surface area contributed by atoms with Crippen molar-refractivity contribution in [2.45, 2.75) is 17.6 Å². The lowest BCUT2D eigenvalue weighted by Gasteiger charge is -2.12. The molecule has 1 aliphatic rings. The number of carbonyl (C=O) groups is 2. The monoisotopic (exact) mass is 296 g/mol. The second-order valence-electron chi connectivity index (χ2n) is 4.53. The average molecular weight is 296 g/mol. The lowest BCUT2D eigenvalue weighted by molar-refractivity contribution is -0.141. The van der Waals surface area contributed by atoms with Crippen LogP contribution in [-0.2, 0) is 14.3 Å². The molecule has 0 aromatic heterocycles. The SMILES string of the molecule is CC(C(=O)O)C1COC(COC(=O)c2ccccc2)S1. The first kappa shape index (κ1) is 14.9. The van der Waals surface area contributed by atoms with Gasteiger partial charge in [0.15, 0.2) is 0 Å². The van der Waals surface area contributed by atoms with Crippen molar-refractivity contribution in [3.05, 3.63) is 35.9 Å². The van der Waals surface area contributed by atoms with Crippen LogP contribution >= 0.6 is 11.8 Å². The summed E-state index contributed by atoms with van der Waals surface area (Å²) in [4.78, 5) is 22.6. The van der Waals surface area contributed by atoms with Gasteiger partial charge < -0.3 is 14.6 Å². The zero-order chi connectivity index (χ0) is 14.5. The van der Waals surface area contributed by atoms with Gasteiger partial charge in [-0.25, -0.2) is 4.79 Å². The van der Waals surface area contributed by atoms with Crippen LogP contribution in [0.3, 0.4) is 0 Å². The third kappa shape index (κ3) is 3.74. The van der Waals surface area contributed by atoms with Gasteiger partial charge in [-0.2, -0.15) is 0 Å². The average Bonchev–Trinajstić information content (AvgIpc) is 2.93. The Hall–Kier alpha value is -1.53. The number of carboxylic acid groups (broad SMARTS) is 1. The molecule has 3 unspecified atom stereocenters. The third-order valence-corrected chi connectivity index (χ3v) is 4.55. The van der Waals surface area contributed by atoms with Gasteiger partial charge in [-0.3, -0.25) is 4.79 Å². The molecule has 1 N–H and O–H groups in total. The maximum atomic E-state index is 11.7. The Kier molecular flexibility index (Phi) is 5.03. The van der Waals surface area contributed by atoms with Gasteiger partial charge in [-0.1, -0.05) is 25.1 Å². The van der Waals surface area contributed by atoms with E-state index < -0.39 is 17.9 Å². The van der Waals surface area contributed by atoms with E-state index in [-0.39, 0.29) is 17.3 Å². The predicted octanol–water partition coefficient (Wildman–Crippen LogP) is 2.02. The number of hydrogen-bond donors (Lipinski definition) is 1. The summed E-state index contributed by atoms with van der Waals surface area (Å²) < 4.78 is 10.6. The van der Waals surface area contributed by atoms with E-state index >= 15 is 0 Å². The highest BCUT2D eigenvalue weighted by Gasteiger charge is 2.34. The zero-order valence-corrected chi connectivity index (χ0v) is 11.8. The normalized spacial score (nSPS) is 23.2. The van der Waals surface area contributed by atoms with Crippen LogP contribution in [0.25, 0.3) is 0 Å². The van der Waals surface area contributed by atoms with Gasteiger partial charge in [0.2, 0.25) is 0 Å². The highest BCUT2D eigenvalue weighted by molar-refractivity contribution is 8.00. The number of thioether (sulfide) groups is 1. The number of esters is 1. The number of aliphatic carboxylic acids is 1. The summed E-state index contributed by atoms with van der Waals surface area (Å²) in [5.41, 5.74) is 0.195. The molecule has 1 aliphatic heterocycles. The molecule has 0 saturated carbocycles. The minimum atomic E-state index is -0.840. The van der Waals surface area contributed by atoms with Crippen molar-refractivity contribution < 1.29 is 24.2 Å². The molecule has 5 nitrogen and oxygen atoms in total. The topological polar surface area (TPSA) is 72.8 Å². The van der Waals surface area contributed by atoms with E-state index in [4.69, 9.17) is 14.6 Å². The molecule has 20 heavy (non-hydrogen) atoms. The summed E-state index contributed by atoms with van der Waals surface area (Å²) in [7, 11) is 0. The van der Waals surface area contributed by atoms with E-state index in [0.29, 0.717) is 12.2 Å². The molecule has 2 rings (SSSR count). The van der Waals surface area contributed by atoms with Crippen LogP contribution in [0.5, 0.6) is 0 Å². The minimum absolute atomic E-state index is 0.104. The Balaban J connectivity index is 1.79. The van der Waals surface area contributed by atoms with Gasteiger partial charge in [0.1, 0.15) is 12.0 Å². The van der Waals surface area contributed by atoms with Crippen LogP contribution < -0.4 is 0 Å². The largest absolute Gasteiger partial charge is 0.481 e. The van der Waals surface area contributed by atoms with Crippen LogP contribution in [0, 0.1) is 5.92 Å². The van der Waals surface area contributed by atoms with Crippen molar-refractivity contribution in [2.24, 2.45) is 5.92 Å². The van der Waals surface area contributed by atoms with E-state index in [1.807, 2.05) is 6.07 Å².